The largest absolute Gasteiger partial charge is 0.484 e. The minimum atomic E-state index is -0.741. The van der Waals surface area contributed by atoms with Gasteiger partial charge in [0, 0.05) is 33.0 Å². The summed E-state index contributed by atoms with van der Waals surface area (Å²) in [5.74, 6) is -0.00626. The molecule has 21 heavy (non-hydrogen) atoms. The summed E-state index contributed by atoms with van der Waals surface area (Å²) in [4.78, 5) is 24.6. The van der Waals surface area contributed by atoms with Gasteiger partial charge in [-0.1, -0.05) is 6.07 Å². The predicted octanol–water partition coefficient (Wildman–Crippen LogP) is 0.0658. The third-order valence-corrected chi connectivity index (χ3v) is 2.65. The molecule has 0 saturated carbocycles. The summed E-state index contributed by atoms with van der Waals surface area (Å²) in [7, 11) is 4.78. The van der Waals surface area contributed by atoms with Gasteiger partial charge in [0.15, 0.2) is 6.61 Å². The summed E-state index contributed by atoms with van der Waals surface area (Å²) >= 11 is 0. The molecule has 0 aliphatic carbocycles. The van der Waals surface area contributed by atoms with E-state index in [0.29, 0.717) is 11.4 Å². The van der Waals surface area contributed by atoms with E-state index < -0.39 is 6.04 Å². The molecule has 0 heterocycles. The van der Waals surface area contributed by atoms with Crippen LogP contribution in [0.1, 0.15) is 0 Å². The van der Waals surface area contributed by atoms with Crippen molar-refractivity contribution in [2.45, 2.75) is 6.04 Å². The summed E-state index contributed by atoms with van der Waals surface area (Å²) in [5, 5.41) is 2.66. The average Bonchev–Trinajstić information content (AvgIpc) is 2.45. The zero-order valence-electron chi connectivity index (χ0n) is 12.5. The maximum Gasteiger partial charge on any atom is 0.259 e. The Bertz CT molecular complexity index is 491. The molecule has 0 fully saturated rings. The van der Waals surface area contributed by atoms with Gasteiger partial charge in [-0.05, 0) is 12.1 Å². The number of nitrogens with one attached hydrogen (secondary N) is 1. The van der Waals surface area contributed by atoms with Crippen LogP contribution in [0.3, 0.4) is 0 Å². The lowest BCUT2D eigenvalue weighted by molar-refractivity contribution is -0.130. The van der Waals surface area contributed by atoms with Gasteiger partial charge >= 0.3 is 0 Å². The molecular weight excluding hydrogens is 274 g/mol. The normalized spacial score (nSPS) is 11.6. The highest BCUT2D eigenvalue weighted by Gasteiger charge is 2.13. The SMILES string of the molecule is COCC(N)C(=O)Nc1cccc(OCC(=O)N(C)C)c1. The average molecular weight is 295 g/mol. The first-order valence-corrected chi connectivity index (χ1v) is 6.42. The van der Waals surface area contributed by atoms with Crippen LogP contribution >= 0.6 is 0 Å². The fourth-order valence-electron chi connectivity index (χ4n) is 1.43. The van der Waals surface area contributed by atoms with Gasteiger partial charge in [0.05, 0.1) is 6.61 Å². The van der Waals surface area contributed by atoms with Crippen LogP contribution < -0.4 is 15.8 Å². The number of nitrogens with zero attached hydrogens (tertiary/aromatic N) is 1. The van der Waals surface area contributed by atoms with Crippen LogP contribution in [0.4, 0.5) is 5.69 Å². The Kier molecular flexibility index (Phi) is 6.64. The van der Waals surface area contributed by atoms with Gasteiger partial charge in [-0.25, -0.2) is 0 Å². The third kappa shape index (κ3) is 5.80. The Balaban J connectivity index is 2.60. The smallest absolute Gasteiger partial charge is 0.259 e. The second-order valence-electron chi connectivity index (χ2n) is 4.66. The number of nitrogens with two attached hydrogens (primary N) is 1. The first-order chi connectivity index (χ1) is 9.93. The van der Waals surface area contributed by atoms with Crippen molar-refractivity contribution in [1.82, 2.24) is 4.90 Å². The molecule has 0 aliphatic heterocycles. The summed E-state index contributed by atoms with van der Waals surface area (Å²) in [5.41, 5.74) is 6.17. The van der Waals surface area contributed by atoms with E-state index in [0.717, 1.165) is 0 Å². The molecule has 0 aromatic heterocycles. The zero-order valence-corrected chi connectivity index (χ0v) is 12.5. The van der Waals surface area contributed by atoms with Crippen molar-refractivity contribution >= 4 is 17.5 Å². The fourth-order valence-corrected chi connectivity index (χ4v) is 1.43. The molecule has 1 atom stereocenters. The van der Waals surface area contributed by atoms with Gasteiger partial charge < -0.3 is 25.4 Å². The van der Waals surface area contributed by atoms with Gasteiger partial charge in [0.25, 0.3) is 5.91 Å². The van der Waals surface area contributed by atoms with E-state index in [1.54, 1.807) is 38.4 Å². The number of anilines is 1. The molecule has 3 N–H and O–H groups in total. The first-order valence-electron chi connectivity index (χ1n) is 6.42. The molecule has 1 rings (SSSR count). The molecule has 0 radical (unpaired) electrons. The zero-order chi connectivity index (χ0) is 15.8. The summed E-state index contributed by atoms with van der Waals surface area (Å²) in [6, 6.07) is 6.01. The molecule has 116 valence electrons. The summed E-state index contributed by atoms with van der Waals surface area (Å²) < 4.78 is 10.2. The molecular formula is C14H21N3O4. The van der Waals surface area contributed by atoms with Crippen LogP contribution in [0, 0.1) is 0 Å². The predicted molar refractivity (Wildman–Crippen MR) is 79.1 cm³/mol. The lowest BCUT2D eigenvalue weighted by Gasteiger charge is -2.13. The molecule has 2 amide bonds. The van der Waals surface area contributed by atoms with E-state index in [1.165, 1.54) is 12.0 Å². The number of ether oxygens (including phenoxy) is 2. The monoisotopic (exact) mass is 295 g/mol. The number of benzene rings is 1. The van der Waals surface area contributed by atoms with Gasteiger partial charge in [-0.3, -0.25) is 9.59 Å². The van der Waals surface area contributed by atoms with Crippen LogP contribution in [0.5, 0.6) is 5.75 Å². The number of hydrogen-bond acceptors (Lipinski definition) is 5. The topological polar surface area (TPSA) is 93.9 Å². The highest BCUT2D eigenvalue weighted by Crippen LogP contribution is 2.17. The van der Waals surface area contributed by atoms with Crippen molar-refractivity contribution in [2.75, 3.05) is 39.7 Å². The highest BCUT2D eigenvalue weighted by atomic mass is 16.5. The highest BCUT2D eigenvalue weighted by molar-refractivity contribution is 5.94. The van der Waals surface area contributed by atoms with Crippen LogP contribution in [0.2, 0.25) is 0 Å². The van der Waals surface area contributed by atoms with Gasteiger partial charge in [0.2, 0.25) is 5.91 Å². The Hall–Kier alpha value is -2.12. The molecule has 1 aromatic carbocycles. The van der Waals surface area contributed by atoms with E-state index in [2.05, 4.69) is 5.32 Å². The molecule has 7 heteroatoms. The van der Waals surface area contributed by atoms with E-state index in [-0.39, 0.29) is 25.0 Å². The third-order valence-electron chi connectivity index (χ3n) is 2.65. The van der Waals surface area contributed by atoms with E-state index >= 15 is 0 Å². The number of carbonyl (C=O) groups excluding carboxylic acids is 2. The number of methoxy groups -OCH3 is 1. The number of amides is 2. The minimum Gasteiger partial charge on any atom is -0.484 e. The maximum absolute atomic E-state index is 11.8. The van der Waals surface area contributed by atoms with Crippen LogP contribution in [0.15, 0.2) is 24.3 Å². The number of carbonyl (C=O) groups is 2. The Labute approximate surface area is 124 Å². The molecule has 7 nitrogen and oxygen atoms in total. The van der Waals surface area contributed by atoms with Crippen LogP contribution in [-0.4, -0.2) is 57.2 Å². The van der Waals surface area contributed by atoms with Crippen LogP contribution in [0.25, 0.3) is 0 Å². The molecule has 0 saturated heterocycles. The minimum absolute atomic E-state index is 0.0619. The summed E-state index contributed by atoms with van der Waals surface area (Å²) in [6.45, 7) is 0.0763. The maximum atomic E-state index is 11.8. The second kappa shape index (κ2) is 8.23. The number of likely N-dealkylation sites (N-methyl/N-ethyl adjacent to an activating group) is 1. The Morgan fingerprint density at radius 1 is 1.38 bits per heavy atom. The number of rotatable bonds is 7. The molecule has 1 aromatic rings. The molecule has 0 spiro atoms. The van der Waals surface area contributed by atoms with Crippen molar-refractivity contribution in [3.05, 3.63) is 24.3 Å². The van der Waals surface area contributed by atoms with Crippen molar-refractivity contribution < 1.29 is 19.1 Å². The quantitative estimate of drug-likeness (QED) is 0.742. The molecule has 0 bridgehead atoms. The van der Waals surface area contributed by atoms with Crippen molar-refractivity contribution in [2.24, 2.45) is 5.73 Å². The number of hydrogen-bond donors (Lipinski definition) is 2. The fraction of sp³-hybridized carbons (Fsp3) is 0.429. The van der Waals surface area contributed by atoms with Crippen molar-refractivity contribution in [3.63, 3.8) is 0 Å². The Morgan fingerprint density at radius 3 is 2.71 bits per heavy atom. The van der Waals surface area contributed by atoms with Gasteiger partial charge in [-0.2, -0.15) is 0 Å². The second-order valence-corrected chi connectivity index (χ2v) is 4.66. The van der Waals surface area contributed by atoms with E-state index in [9.17, 15) is 9.59 Å². The lowest BCUT2D eigenvalue weighted by Crippen LogP contribution is -2.39. The van der Waals surface area contributed by atoms with Gasteiger partial charge in [0.1, 0.15) is 11.8 Å². The molecule has 0 aliphatic rings. The summed E-state index contributed by atoms with van der Waals surface area (Å²) in [6.07, 6.45) is 0. The van der Waals surface area contributed by atoms with Gasteiger partial charge in [-0.15, -0.1) is 0 Å². The van der Waals surface area contributed by atoms with Crippen molar-refractivity contribution in [1.29, 1.82) is 0 Å². The Morgan fingerprint density at radius 2 is 2.10 bits per heavy atom. The van der Waals surface area contributed by atoms with E-state index in [4.69, 9.17) is 15.2 Å². The van der Waals surface area contributed by atoms with Crippen molar-refractivity contribution in [3.8, 4) is 5.75 Å². The first kappa shape index (κ1) is 16.9. The van der Waals surface area contributed by atoms with Crippen LogP contribution in [-0.2, 0) is 14.3 Å². The molecule has 1 unspecified atom stereocenters. The lowest BCUT2D eigenvalue weighted by atomic mass is 10.2. The standard InChI is InChI=1S/C14H21N3O4/c1-17(2)13(18)9-21-11-6-4-5-10(7-11)16-14(19)12(15)8-20-3/h4-7,12H,8-9,15H2,1-3H3,(H,16,19). The van der Waals surface area contributed by atoms with E-state index in [1.807, 2.05) is 0 Å².